The summed E-state index contributed by atoms with van der Waals surface area (Å²) in [5.41, 5.74) is 0. The summed E-state index contributed by atoms with van der Waals surface area (Å²) in [7, 11) is 2.16. The van der Waals surface area contributed by atoms with Crippen LogP contribution in [0, 0.1) is 5.92 Å². The molecule has 12 heavy (non-hydrogen) atoms. The van der Waals surface area contributed by atoms with Crippen LogP contribution in [0.4, 0.5) is 0 Å². The lowest BCUT2D eigenvalue weighted by atomic mass is 10.00. The lowest BCUT2D eigenvalue weighted by Gasteiger charge is -2.28. The van der Waals surface area contributed by atoms with E-state index in [4.69, 9.17) is 0 Å². The van der Waals surface area contributed by atoms with Gasteiger partial charge in [-0.3, -0.25) is 4.79 Å². The molecule has 1 aliphatic rings. The second-order valence-corrected chi connectivity index (χ2v) is 4.75. The summed E-state index contributed by atoms with van der Waals surface area (Å²) in [5, 5.41) is 0.258. The van der Waals surface area contributed by atoms with Crippen molar-refractivity contribution in [3.05, 3.63) is 0 Å². The quantitative estimate of drug-likeness (QED) is 0.655. The summed E-state index contributed by atoms with van der Waals surface area (Å²) < 4.78 is 0. The van der Waals surface area contributed by atoms with Gasteiger partial charge in [-0.1, -0.05) is 11.8 Å². The number of piperidine rings is 1. The highest BCUT2D eigenvalue weighted by Crippen LogP contribution is 2.20. The third-order valence-electron chi connectivity index (χ3n) is 2.36. The minimum absolute atomic E-state index is 0.258. The normalized spacial score (nSPS) is 21.2. The number of hydrogen-bond donors (Lipinski definition) is 0. The Morgan fingerprint density at radius 1 is 1.50 bits per heavy atom. The van der Waals surface area contributed by atoms with E-state index in [0.29, 0.717) is 0 Å². The highest BCUT2D eigenvalue weighted by atomic mass is 32.2. The lowest BCUT2D eigenvalue weighted by molar-refractivity contribution is -0.109. The van der Waals surface area contributed by atoms with Crippen LogP contribution in [-0.2, 0) is 4.79 Å². The minimum Gasteiger partial charge on any atom is -0.306 e. The van der Waals surface area contributed by atoms with E-state index in [2.05, 4.69) is 11.9 Å². The summed E-state index contributed by atoms with van der Waals surface area (Å²) in [6.45, 7) is 4.05. The van der Waals surface area contributed by atoms with Gasteiger partial charge in [0.1, 0.15) is 0 Å². The third kappa shape index (κ3) is 3.59. The van der Waals surface area contributed by atoms with E-state index in [0.717, 1.165) is 11.7 Å². The van der Waals surface area contributed by atoms with Crippen molar-refractivity contribution >= 4 is 16.9 Å². The van der Waals surface area contributed by atoms with E-state index in [1.54, 1.807) is 6.92 Å². The fraction of sp³-hybridized carbons (Fsp3) is 0.889. The highest BCUT2D eigenvalue weighted by Gasteiger charge is 2.16. The SMILES string of the molecule is CC(=O)SCC1CCN(C)CC1. The van der Waals surface area contributed by atoms with Crippen molar-refractivity contribution in [3.8, 4) is 0 Å². The number of nitrogens with zero attached hydrogens (tertiary/aromatic N) is 1. The maximum atomic E-state index is 10.7. The molecule has 3 heteroatoms. The largest absolute Gasteiger partial charge is 0.306 e. The van der Waals surface area contributed by atoms with Crippen molar-refractivity contribution in [3.63, 3.8) is 0 Å². The standard InChI is InChI=1S/C9H17NOS/c1-8(11)12-7-9-3-5-10(2)6-4-9/h9H,3-7H2,1-2H3. The minimum atomic E-state index is 0.258. The van der Waals surface area contributed by atoms with Gasteiger partial charge in [0.05, 0.1) is 0 Å². The first kappa shape index (κ1) is 10.1. The van der Waals surface area contributed by atoms with Crippen molar-refractivity contribution in [2.24, 2.45) is 5.92 Å². The van der Waals surface area contributed by atoms with Gasteiger partial charge in [0, 0.05) is 12.7 Å². The zero-order valence-corrected chi connectivity index (χ0v) is 8.69. The molecule has 0 radical (unpaired) electrons. The van der Waals surface area contributed by atoms with E-state index in [9.17, 15) is 4.79 Å². The molecule has 1 saturated heterocycles. The number of likely N-dealkylation sites (tertiary alicyclic amines) is 1. The lowest BCUT2D eigenvalue weighted by Crippen LogP contribution is -2.31. The van der Waals surface area contributed by atoms with Gasteiger partial charge in [-0.25, -0.2) is 0 Å². The van der Waals surface area contributed by atoms with E-state index in [1.807, 2.05) is 0 Å². The van der Waals surface area contributed by atoms with Crippen LogP contribution in [-0.4, -0.2) is 35.9 Å². The van der Waals surface area contributed by atoms with Gasteiger partial charge in [0.2, 0.25) is 0 Å². The van der Waals surface area contributed by atoms with Crippen molar-refractivity contribution in [2.45, 2.75) is 19.8 Å². The Kier molecular flexibility index (Phi) is 4.09. The average molecular weight is 187 g/mol. The molecule has 2 nitrogen and oxygen atoms in total. The summed E-state index contributed by atoms with van der Waals surface area (Å²) >= 11 is 1.48. The van der Waals surface area contributed by atoms with Crippen LogP contribution in [0.5, 0.6) is 0 Å². The third-order valence-corrected chi connectivity index (χ3v) is 3.41. The summed E-state index contributed by atoms with van der Waals surface area (Å²) in [6, 6.07) is 0. The van der Waals surface area contributed by atoms with Crippen molar-refractivity contribution < 1.29 is 4.79 Å². The maximum Gasteiger partial charge on any atom is 0.185 e. The average Bonchev–Trinajstić information content (AvgIpc) is 2.03. The van der Waals surface area contributed by atoms with Gasteiger partial charge in [0.25, 0.3) is 0 Å². The molecule has 1 heterocycles. The topological polar surface area (TPSA) is 20.3 Å². The van der Waals surface area contributed by atoms with E-state index >= 15 is 0 Å². The summed E-state index contributed by atoms with van der Waals surface area (Å²) in [6.07, 6.45) is 2.52. The first-order valence-corrected chi connectivity index (χ1v) is 5.49. The van der Waals surface area contributed by atoms with E-state index in [1.165, 1.54) is 37.7 Å². The zero-order valence-electron chi connectivity index (χ0n) is 7.88. The Hall–Kier alpha value is -0.0200. The second-order valence-electron chi connectivity index (χ2n) is 3.55. The van der Waals surface area contributed by atoms with Crippen LogP contribution in [0.15, 0.2) is 0 Å². The number of thioether (sulfide) groups is 1. The van der Waals surface area contributed by atoms with Gasteiger partial charge in [-0.15, -0.1) is 0 Å². The maximum absolute atomic E-state index is 10.7. The molecule has 0 atom stereocenters. The molecule has 0 spiro atoms. The summed E-state index contributed by atoms with van der Waals surface area (Å²) in [5.74, 6) is 1.80. The van der Waals surface area contributed by atoms with Crippen LogP contribution < -0.4 is 0 Å². The molecule has 0 bridgehead atoms. The fourth-order valence-electron chi connectivity index (χ4n) is 1.46. The van der Waals surface area contributed by atoms with Crippen LogP contribution >= 0.6 is 11.8 Å². The number of rotatable bonds is 2. The number of hydrogen-bond acceptors (Lipinski definition) is 3. The monoisotopic (exact) mass is 187 g/mol. The van der Waals surface area contributed by atoms with Gasteiger partial charge in [-0.05, 0) is 38.9 Å². The van der Waals surface area contributed by atoms with E-state index < -0.39 is 0 Å². The molecule has 0 aromatic heterocycles. The zero-order chi connectivity index (χ0) is 8.97. The van der Waals surface area contributed by atoms with Gasteiger partial charge in [-0.2, -0.15) is 0 Å². The Labute approximate surface area is 78.7 Å². The molecule has 0 saturated carbocycles. The molecule has 0 unspecified atom stereocenters. The molecular weight excluding hydrogens is 170 g/mol. The Morgan fingerprint density at radius 3 is 2.58 bits per heavy atom. The van der Waals surface area contributed by atoms with Crippen LogP contribution in [0.3, 0.4) is 0 Å². The molecule has 0 aliphatic carbocycles. The molecule has 1 rings (SSSR count). The molecular formula is C9H17NOS. The Bertz CT molecular complexity index is 153. The molecule has 1 aliphatic heterocycles. The van der Waals surface area contributed by atoms with Gasteiger partial charge < -0.3 is 4.90 Å². The van der Waals surface area contributed by atoms with E-state index in [-0.39, 0.29) is 5.12 Å². The smallest absolute Gasteiger partial charge is 0.185 e. The van der Waals surface area contributed by atoms with Gasteiger partial charge >= 0.3 is 0 Å². The first-order chi connectivity index (χ1) is 5.68. The van der Waals surface area contributed by atoms with Crippen LogP contribution in [0.1, 0.15) is 19.8 Å². The Morgan fingerprint density at radius 2 is 2.08 bits per heavy atom. The molecule has 0 aromatic carbocycles. The molecule has 0 amide bonds. The first-order valence-electron chi connectivity index (χ1n) is 4.50. The fourth-order valence-corrected chi connectivity index (χ4v) is 2.27. The van der Waals surface area contributed by atoms with Crippen molar-refractivity contribution in [1.29, 1.82) is 0 Å². The number of carbonyl (C=O) groups excluding carboxylic acids is 1. The van der Waals surface area contributed by atoms with Crippen molar-refractivity contribution in [1.82, 2.24) is 4.90 Å². The predicted molar refractivity (Wildman–Crippen MR) is 53.4 cm³/mol. The molecule has 0 aromatic rings. The molecule has 0 N–H and O–H groups in total. The highest BCUT2D eigenvalue weighted by molar-refractivity contribution is 8.13. The van der Waals surface area contributed by atoms with Gasteiger partial charge in [0.15, 0.2) is 5.12 Å². The predicted octanol–water partition coefficient (Wildman–Crippen LogP) is 1.61. The molecule has 70 valence electrons. The van der Waals surface area contributed by atoms with Crippen LogP contribution in [0.25, 0.3) is 0 Å². The Balaban J connectivity index is 2.13. The molecule has 1 fully saturated rings. The summed E-state index contributed by atoms with van der Waals surface area (Å²) in [4.78, 5) is 13.1. The number of carbonyl (C=O) groups is 1. The van der Waals surface area contributed by atoms with Crippen LogP contribution in [0.2, 0.25) is 0 Å². The van der Waals surface area contributed by atoms with Crippen molar-refractivity contribution in [2.75, 3.05) is 25.9 Å². The second kappa shape index (κ2) is 4.87.